The van der Waals surface area contributed by atoms with Gasteiger partial charge in [0.15, 0.2) is 0 Å². The number of likely N-dealkylation sites (tertiary alicyclic amines) is 1. The first-order chi connectivity index (χ1) is 17.6. The Labute approximate surface area is 211 Å². The van der Waals surface area contributed by atoms with Crippen molar-refractivity contribution in [2.45, 2.75) is 44.4 Å². The second-order valence-corrected chi connectivity index (χ2v) is 9.37. The van der Waals surface area contributed by atoms with Crippen LogP contribution in [-0.4, -0.2) is 65.5 Å². The largest absolute Gasteiger partial charge is 0.489 e. The van der Waals surface area contributed by atoms with Gasteiger partial charge in [0.1, 0.15) is 23.7 Å². The smallest absolute Gasteiger partial charge is 0.137 e. The summed E-state index contributed by atoms with van der Waals surface area (Å²) in [5.74, 6) is 1.32. The number of hydrogen-bond acceptors (Lipinski definition) is 8. The summed E-state index contributed by atoms with van der Waals surface area (Å²) in [6.07, 6.45) is 6.34. The summed E-state index contributed by atoms with van der Waals surface area (Å²) >= 11 is 0. The highest BCUT2D eigenvalue weighted by molar-refractivity contribution is 5.64. The van der Waals surface area contributed by atoms with Gasteiger partial charge in [0.25, 0.3) is 0 Å². The average Bonchev–Trinajstić information content (AvgIpc) is 2.89. The van der Waals surface area contributed by atoms with Crippen molar-refractivity contribution < 1.29 is 14.2 Å². The van der Waals surface area contributed by atoms with Gasteiger partial charge in [-0.05, 0) is 42.8 Å². The Hall–Kier alpha value is -3.38. The molecule has 2 aliphatic heterocycles. The van der Waals surface area contributed by atoms with E-state index in [1.54, 1.807) is 13.3 Å². The molecule has 3 aromatic rings. The van der Waals surface area contributed by atoms with Crippen molar-refractivity contribution >= 4 is 0 Å². The molecule has 36 heavy (non-hydrogen) atoms. The molecule has 186 valence electrons. The maximum absolute atomic E-state index is 9.71. The highest BCUT2D eigenvalue weighted by atomic mass is 16.5. The predicted octanol–water partition coefficient (Wildman–Crippen LogP) is 3.95. The van der Waals surface area contributed by atoms with Gasteiger partial charge in [0.05, 0.1) is 36.3 Å². The van der Waals surface area contributed by atoms with Crippen molar-refractivity contribution in [3.8, 4) is 23.1 Å². The van der Waals surface area contributed by atoms with Crippen LogP contribution < -0.4 is 4.74 Å². The van der Waals surface area contributed by atoms with E-state index in [2.05, 4.69) is 35.0 Å². The molecule has 8 heteroatoms. The first-order valence-corrected chi connectivity index (χ1v) is 12.5. The van der Waals surface area contributed by atoms with Crippen LogP contribution in [0.4, 0.5) is 0 Å². The summed E-state index contributed by atoms with van der Waals surface area (Å²) < 4.78 is 16.9. The zero-order valence-electron chi connectivity index (χ0n) is 20.8. The van der Waals surface area contributed by atoms with Gasteiger partial charge in [-0.2, -0.15) is 5.26 Å². The lowest BCUT2D eigenvalue weighted by Crippen LogP contribution is -2.52. The molecule has 0 N–H and O–H groups in total. The molecule has 8 nitrogen and oxygen atoms in total. The summed E-state index contributed by atoms with van der Waals surface area (Å²) in [5.41, 5.74) is 4.25. The summed E-state index contributed by atoms with van der Waals surface area (Å²) in [6.45, 7) is 5.45. The van der Waals surface area contributed by atoms with E-state index in [0.29, 0.717) is 42.9 Å². The third-order valence-electron chi connectivity index (χ3n) is 6.96. The van der Waals surface area contributed by atoms with Crippen LogP contribution in [0.25, 0.3) is 11.3 Å². The molecular formula is C28H31N5O3. The maximum atomic E-state index is 9.71. The van der Waals surface area contributed by atoms with Gasteiger partial charge < -0.3 is 14.2 Å². The number of pyridine rings is 1. The van der Waals surface area contributed by atoms with Crippen LogP contribution in [0.1, 0.15) is 48.5 Å². The van der Waals surface area contributed by atoms with Crippen LogP contribution in [0.3, 0.4) is 0 Å². The highest BCUT2D eigenvalue weighted by Crippen LogP contribution is 2.28. The summed E-state index contributed by atoms with van der Waals surface area (Å²) in [4.78, 5) is 16.3. The average molecular weight is 486 g/mol. The van der Waals surface area contributed by atoms with E-state index in [1.165, 1.54) is 0 Å². The molecule has 0 radical (unpaired) electrons. The van der Waals surface area contributed by atoms with Crippen molar-refractivity contribution in [2.75, 3.05) is 33.4 Å². The van der Waals surface area contributed by atoms with Crippen molar-refractivity contribution in [3.05, 3.63) is 71.4 Å². The Balaban J connectivity index is 1.26. The number of nitrogens with zero attached hydrogens (tertiary/aromatic N) is 5. The maximum Gasteiger partial charge on any atom is 0.137 e. The molecule has 2 saturated heterocycles. The minimum absolute atomic E-state index is 0.0820. The van der Waals surface area contributed by atoms with Gasteiger partial charge in [0.2, 0.25) is 0 Å². The Bertz CT molecular complexity index is 1210. The zero-order valence-corrected chi connectivity index (χ0v) is 20.8. The Kier molecular flexibility index (Phi) is 7.52. The monoisotopic (exact) mass is 485 g/mol. The first kappa shape index (κ1) is 24.3. The van der Waals surface area contributed by atoms with Crippen molar-refractivity contribution in [2.24, 2.45) is 0 Å². The van der Waals surface area contributed by atoms with Crippen molar-refractivity contribution in [1.29, 1.82) is 5.26 Å². The normalized spacial score (nSPS) is 17.8. The van der Waals surface area contributed by atoms with Crippen LogP contribution in [0.15, 0.2) is 48.8 Å². The van der Waals surface area contributed by atoms with Crippen LogP contribution in [0, 0.1) is 11.3 Å². The quantitative estimate of drug-likeness (QED) is 0.474. The molecule has 0 bridgehead atoms. The number of aromatic nitrogens is 3. The molecule has 5 rings (SSSR count). The third kappa shape index (κ3) is 5.54. The number of hydrogen-bond donors (Lipinski definition) is 0. The lowest BCUT2D eigenvalue weighted by Gasteiger charge is -2.41. The second kappa shape index (κ2) is 11.1. The fourth-order valence-electron chi connectivity index (χ4n) is 4.59. The van der Waals surface area contributed by atoms with E-state index in [4.69, 9.17) is 24.2 Å². The molecule has 2 aliphatic rings. The van der Waals surface area contributed by atoms with E-state index in [-0.39, 0.29) is 12.1 Å². The number of nitriles is 1. The van der Waals surface area contributed by atoms with Crippen LogP contribution in [0.2, 0.25) is 0 Å². The fourth-order valence-corrected chi connectivity index (χ4v) is 4.59. The summed E-state index contributed by atoms with van der Waals surface area (Å²) in [7, 11) is 1.76. The van der Waals surface area contributed by atoms with Crippen LogP contribution in [-0.2, 0) is 15.9 Å². The van der Waals surface area contributed by atoms with E-state index >= 15 is 0 Å². The van der Waals surface area contributed by atoms with Gasteiger partial charge in [-0.3, -0.25) is 9.88 Å². The Morgan fingerprint density at radius 2 is 1.94 bits per heavy atom. The molecule has 0 aliphatic carbocycles. The molecular weight excluding hydrogens is 454 g/mol. The number of methoxy groups -OCH3 is 1. The standard InChI is InChI=1S/C28H31N5O3/c1-19(33-17-24(18-33)34-2)25-5-3-20(16-31-25)13-28-30-10-7-26(32-28)21-4-6-27(22(14-21)15-29)36-23-8-11-35-12-9-23/h3-7,10,14,16,19,23-24H,8-9,11-13,17-18H2,1-2H3. The molecule has 2 aromatic heterocycles. The van der Waals surface area contributed by atoms with E-state index in [9.17, 15) is 5.26 Å². The minimum atomic E-state index is 0.0820. The highest BCUT2D eigenvalue weighted by Gasteiger charge is 2.31. The number of ether oxygens (including phenoxy) is 3. The van der Waals surface area contributed by atoms with E-state index < -0.39 is 0 Å². The lowest BCUT2D eigenvalue weighted by atomic mass is 10.0. The van der Waals surface area contributed by atoms with Gasteiger partial charge in [-0.1, -0.05) is 6.07 Å². The van der Waals surface area contributed by atoms with Gasteiger partial charge in [-0.25, -0.2) is 9.97 Å². The van der Waals surface area contributed by atoms with E-state index in [1.807, 2.05) is 30.5 Å². The molecule has 0 saturated carbocycles. The summed E-state index contributed by atoms with van der Waals surface area (Å²) in [5, 5.41) is 9.71. The SMILES string of the molecule is COC1CN(C(C)c2ccc(Cc3nccc(-c4ccc(OC5CCOCC5)c(C#N)c4)n3)cn2)C1. The van der Waals surface area contributed by atoms with Crippen LogP contribution >= 0.6 is 0 Å². The molecule has 0 spiro atoms. The Morgan fingerprint density at radius 3 is 2.67 bits per heavy atom. The Morgan fingerprint density at radius 1 is 1.11 bits per heavy atom. The van der Waals surface area contributed by atoms with Crippen molar-refractivity contribution in [1.82, 2.24) is 19.9 Å². The first-order valence-electron chi connectivity index (χ1n) is 12.5. The predicted molar refractivity (Wildman–Crippen MR) is 134 cm³/mol. The second-order valence-electron chi connectivity index (χ2n) is 9.37. The van der Waals surface area contributed by atoms with Gasteiger partial charge in [0, 0.05) is 63.5 Å². The molecule has 1 unspecified atom stereocenters. The minimum Gasteiger partial charge on any atom is -0.489 e. The molecule has 0 amide bonds. The van der Waals surface area contributed by atoms with Gasteiger partial charge >= 0.3 is 0 Å². The molecule has 1 aromatic carbocycles. The third-order valence-corrected chi connectivity index (χ3v) is 6.96. The van der Waals surface area contributed by atoms with Crippen molar-refractivity contribution in [3.63, 3.8) is 0 Å². The van der Waals surface area contributed by atoms with Gasteiger partial charge in [-0.15, -0.1) is 0 Å². The number of benzene rings is 1. The number of rotatable bonds is 8. The van der Waals surface area contributed by atoms with Crippen LogP contribution in [0.5, 0.6) is 5.75 Å². The topological polar surface area (TPSA) is 93.4 Å². The van der Waals surface area contributed by atoms with E-state index in [0.717, 1.165) is 48.4 Å². The molecule has 4 heterocycles. The summed E-state index contributed by atoms with van der Waals surface area (Å²) in [6, 6.07) is 14.2. The molecule has 1 atom stereocenters. The zero-order chi connectivity index (χ0) is 24.9. The fraction of sp³-hybridized carbons (Fsp3) is 0.429. The lowest BCUT2D eigenvalue weighted by molar-refractivity contribution is -0.0486. The molecule has 2 fully saturated rings.